The number of hydrogen-bond donors (Lipinski definition) is 0. The Hall–Kier alpha value is -2.89. The summed E-state index contributed by atoms with van der Waals surface area (Å²) in [5.41, 5.74) is 0. The van der Waals surface area contributed by atoms with Gasteiger partial charge in [-0.1, -0.05) is 300 Å². The fourth-order valence-electron chi connectivity index (χ4n) is 10.2. The molecule has 0 aromatic carbocycles. The highest BCUT2D eigenvalue weighted by atomic mass is 16.6. The summed E-state index contributed by atoms with van der Waals surface area (Å²) in [7, 11) is 0. The molecular weight excluding hydrogens is 973 g/mol. The molecule has 0 saturated heterocycles. The average Bonchev–Trinajstić information content (AvgIpc) is 3.45. The second-order valence-corrected chi connectivity index (χ2v) is 23.4. The molecule has 0 saturated carbocycles. The third-order valence-corrected chi connectivity index (χ3v) is 15.5. The van der Waals surface area contributed by atoms with Crippen LogP contribution < -0.4 is 0 Å². The Morgan fingerprint density at radius 3 is 0.722 bits per heavy atom. The lowest BCUT2D eigenvalue weighted by molar-refractivity contribution is -0.167. The van der Waals surface area contributed by atoms with E-state index < -0.39 is 6.10 Å². The van der Waals surface area contributed by atoms with Gasteiger partial charge in [0.25, 0.3) is 0 Å². The summed E-state index contributed by atoms with van der Waals surface area (Å²) in [6.07, 6.45) is 86.6. The summed E-state index contributed by atoms with van der Waals surface area (Å²) >= 11 is 0. The van der Waals surface area contributed by atoms with E-state index in [0.717, 1.165) is 77.0 Å². The molecule has 1 atom stereocenters. The molecule has 1 unspecified atom stereocenters. The molecule has 0 aromatic heterocycles. The predicted molar refractivity (Wildman–Crippen MR) is 344 cm³/mol. The van der Waals surface area contributed by atoms with Crippen molar-refractivity contribution in [3.63, 3.8) is 0 Å². The molecule has 0 fully saturated rings. The zero-order valence-electron chi connectivity index (χ0n) is 52.9. The normalized spacial score (nSPS) is 12.4. The van der Waals surface area contributed by atoms with Crippen molar-refractivity contribution in [3.05, 3.63) is 60.8 Å². The summed E-state index contributed by atoms with van der Waals surface area (Å²) in [6.45, 7) is 6.67. The highest BCUT2D eigenvalue weighted by Crippen LogP contribution is 2.17. The average molecular weight is 1110 g/mol. The van der Waals surface area contributed by atoms with Crippen molar-refractivity contribution in [2.24, 2.45) is 0 Å². The third kappa shape index (κ3) is 65.8. The lowest BCUT2D eigenvalue weighted by atomic mass is 10.0. The van der Waals surface area contributed by atoms with E-state index in [1.807, 2.05) is 0 Å². The first kappa shape index (κ1) is 76.1. The van der Waals surface area contributed by atoms with Gasteiger partial charge in [-0.2, -0.15) is 0 Å². The van der Waals surface area contributed by atoms with E-state index in [1.54, 1.807) is 0 Å². The summed E-state index contributed by atoms with van der Waals surface area (Å²) in [5, 5.41) is 0. The topological polar surface area (TPSA) is 78.9 Å². The largest absolute Gasteiger partial charge is 0.462 e. The Labute approximate surface area is 491 Å². The van der Waals surface area contributed by atoms with Crippen LogP contribution in [0.4, 0.5) is 0 Å². The molecular formula is C73H132O6. The number of rotatable bonds is 64. The van der Waals surface area contributed by atoms with E-state index in [2.05, 4.69) is 81.5 Å². The molecule has 0 aliphatic heterocycles. The second-order valence-electron chi connectivity index (χ2n) is 23.4. The van der Waals surface area contributed by atoms with Gasteiger partial charge in [0.15, 0.2) is 6.10 Å². The van der Waals surface area contributed by atoms with Crippen LogP contribution in [0.25, 0.3) is 0 Å². The molecule has 0 amide bonds. The molecule has 0 aliphatic carbocycles. The predicted octanol–water partition coefficient (Wildman–Crippen LogP) is 23.9. The maximum absolute atomic E-state index is 12.9. The Kier molecular flexibility index (Phi) is 65.1. The van der Waals surface area contributed by atoms with Crippen molar-refractivity contribution in [3.8, 4) is 0 Å². The highest BCUT2D eigenvalue weighted by molar-refractivity contribution is 5.71. The van der Waals surface area contributed by atoms with Crippen molar-refractivity contribution in [2.45, 2.75) is 374 Å². The molecule has 6 nitrogen and oxygen atoms in total. The lowest BCUT2D eigenvalue weighted by Gasteiger charge is -2.18. The van der Waals surface area contributed by atoms with Gasteiger partial charge in [0.1, 0.15) is 13.2 Å². The van der Waals surface area contributed by atoms with Gasteiger partial charge in [-0.05, 0) is 109 Å². The molecule has 0 rings (SSSR count). The van der Waals surface area contributed by atoms with E-state index >= 15 is 0 Å². The molecule has 460 valence electrons. The number of carbonyl (C=O) groups excluding carboxylic acids is 3. The third-order valence-electron chi connectivity index (χ3n) is 15.5. The van der Waals surface area contributed by atoms with Gasteiger partial charge >= 0.3 is 17.9 Å². The monoisotopic (exact) mass is 1110 g/mol. The van der Waals surface area contributed by atoms with E-state index in [9.17, 15) is 14.4 Å². The van der Waals surface area contributed by atoms with Gasteiger partial charge < -0.3 is 14.2 Å². The number of carbonyl (C=O) groups is 3. The number of hydrogen-bond acceptors (Lipinski definition) is 6. The van der Waals surface area contributed by atoms with E-state index in [4.69, 9.17) is 14.2 Å². The maximum atomic E-state index is 12.9. The first-order valence-corrected chi connectivity index (χ1v) is 34.8. The van der Waals surface area contributed by atoms with E-state index in [0.29, 0.717) is 19.3 Å². The molecule has 0 aliphatic rings. The Bertz CT molecular complexity index is 1410. The van der Waals surface area contributed by atoms with Crippen molar-refractivity contribution in [1.29, 1.82) is 0 Å². The van der Waals surface area contributed by atoms with Crippen molar-refractivity contribution < 1.29 is 28.6 Å². The standard InChI is InChI=1S/C73H132O6/c1-4-7-10-13-16-19-22-25-28-31-33-34-35-36-37-38-39-40-41-43-45-48-51-54-57-60-63-66-72(75)78-69-70(68-77-71(74)65-62-59-56-53-50-47-44-30-27-24-21-18-15-12-9-6-3)79-73(76)67-64-61-58-55-52-49-46-42-32-29-26-23-20-17-14-11-8-5-2/h22,25,29-33,35-36,44,70H,4-21,23-24,26-28,34,37-43,45-69H2,1-3H3/b25-22-,32-29-,33-31-,36-35-,44-30-. The zero-order chi connectivity index (χ0) is 57.1. The van der Waals surface area contributed by atoms with Crippen LogP contribution in [-0.4, -0.2) is 37.2 Å². The molecule has 79 heavy (non-hydrogen) atoms. The Morgan fingerprint density at radius 2 is 0.456 bits per heavy atom. The molecule has 0 bridgehead atoms. The molecule has 0 aromatic rings. The van der Waals surface area contributed by atoms with Crippen molar-refractivity contribution in [1.82, 2.24) is 0 Å². The van der Waals surface area contributed by atoms with Crippen LogP contribution in [0.2, 0.25) is 0 Å². The van der Waals surface area contributed by atoms with E-state index in [1.165, 1.54) is 250 Å². The Balaban J connectivity index is 4.30. The van der Waals surface area contributed by atoms with Crippen LogP contribution in [0.15, 0.2) is 60.8 Å². The van der Waals surface area contributed by atoms with Crippen LogP contribution in [0.5, 0.6) is 0 Å². The highest BCUT2D eigenvalue weighted by Gasteiger charge is 2.19. The van der Waals surface area contributed by atoms with Crippen molar-refractivity contribution in [2.75, 3.05) is 13.2 Å². The molecule has 6 heteroatoms. The maximum Gasteiger partial charge on any atom is 0.306 e. The molecule has 0 spiro atoms. The summed E-state index contributed by atoms with van der Waals surface area (Å²) < 4.78 is 17.0. The molecule has 0 N–H and O–H groups in total. The SMILES string of the molecule is CCCCCCC/C=C\C/C=C\C/C=C\CCCCCCCCCCCCCCC(=O)OCC(COC(=O)CCCCCCC/C=C\CCCCCCCCC)OC(=O)CCCCCCCCC/C=C\CCCCCCCCC. The summed E-state index contributed by atoms with van der Waals surface area (Å²) in [4.78, 5) is 38.4. The number of ether oxygens (including phenoxy) is 3. The van der Waals surface area contributed by atoms with Crippen LogP contribution in [0.1, 0.15) is 367 Å². The summed E-state index contributed by atoms with van der Waals surface area (Å²) in [5.74, 6) is -0.870. The number of esters is 3. The minimum absolute atomic E-state index is 0.0770. The van der Waals surface area contributed by atoms with Crippen LogP contribution >= 0.6 is 0 Å². The zero-order valence-corrected chi connectivity index (χ0v) is 52.9. The minimum atomic E-state index is -0.781. The number of unbranched alkanes of at least 4 members (excludes halogenated alkanes) is 43. The van der Waals surface area contributed by atoms with Gasteiger partial charge in [-0.25, -0.2) is 0 Å². The van der Waals surface area contributed by atoms with Crippen LogP contribution in [0.3, 0.4) is 0 Å². The fraction of sp³-hybridized carbons (Fsp3) is 0.822. The van der Waals surface area contributed by atoms with Crippen LogP contribution in [-0.2, 0) is 28.6 Å². The first-order valence-electron chi connectivity index (χ1n) is 34.8. The second kappa shape index (κ2) is 67.6. The van der Waals surface area contributed by atoms with Gasteiger partial charge in [-0.15, -0.1) is 0 Å². The van der Waals surface area contributed by atoms with Gasteiger partial charge in [0, 0.05) is 19.3 Å². The minimum Gasteiger partial charge on any atom is -0.462 e. The Morgan fingerprint density at radius 1 is 0.253 bits per heavy atom. The quantitative estimate of drug-likeness (QED) is 0.0261. The first-order chi connectivity index (χ1) is 39.0. The summed E-state index contributed by atoms with van der Waals surface area (Å²) in [6, 6.07) is 0. The molecule has 0 heterocycles. The van der Waals surface area contributed by atoms with Gasteiger partial charge in [0.05, 0.1) is 0 Å². The number of allylic oxidation sites excluding steroid dienone is 10. The van der Waals surface area contributed by atoms with Crippen molar-refractivity contribution >= 4 is 17.9 Å². The van der Waals surface area contributed by atoms with Gasteiger partial charge in [0.2, 0.25) is 0 Å². The lowest BCUT2D eigenvalue weighted by Crippen LogP contribution is -2.30. The smallest absolute Gasteiger partial charge is 0.306 e. The van der Waals surface area contributed by atoms with Gasteiger partial charge in [-0.3, -0.25) is 14.4 Å². The van der Waals surface area contributed by atoms with E-state index in [-0.39, 0.29) is 31.1 Å². The fourth-order valence-corrected chi connectivity index (χ4v) is 10.2. The van der Waals surface area contributed by atoms with Crippen LogP contribution in [0, 0.1) is 0 Å². The molecule has 0 radical (unpaired) electrons.